The summed E-state index contributed by atoms with van der Waals surface area (Å²) in [6.45, 7) is 2.91. The quantitative estimate of drug-likeness (QED) is 0.463. The van der Waals surface area contributed by atoms with Crippen molar-refractivity contribution in [3.05, 3.63) is 58.4 Å². The van der Waals surface area contributed by atoms with Crippen LogP contribution in [0.2, 0.25) is 5.02 Å². The van der Waals surface area contributed by atoms with E-state index in [1.807, 2.05) is 24.3 Å². The molecule has 1 unspecified atom stereocenters. The fourth-order valence-electron chi connectivity index (χ4n) is 4.48. The molecule has 0 bridgehead atoms. The highest BCUT2D eigenvalue weighted by atomic mass is 35.5. The van der Waals surface area contributed by atoms with Gasteiger partial charge < -0.3 is 4.74 Å². The third-order valence-corrected chi connectivity index (χ3v) is 6.68. The highest BCUT2D eigenvalue weighted by Gasteiger charge is 2.29. The van der Waals surface area contributed by atoms with Crippen LogP contribution in [-0.4, -0.2) is 6.61 Å². The summed E-state index contributed by atoms with van der Waals surface area (Å²) < 4.78 is 20.0. The van der Waals surface area contributed by atoms with E-state index in [1.165, 1.54) is 50.5 Å². The van der Waals surface area contributed by atoms with Crippen molar-refractivity contribution in [2.24, 2.45) is 5.92 Å². The largest absolute Gasteiger partial charge is 0.368 e. The number of rotatable bonds is 6. The molecular formula is C24H28ClFO. The molecule has 1 aliphatic carbocycles. The van der Waals surface area contributed by atoms with Gasteiger partial charge in [-0.15, -0.1) is 0 Å². The SMILES string of the molecule is CCCCC1CCC(c2ccc(-c3ccc(C4CO4)c(Cl)c3F)cc2)CC1. The standard InChI is InChI=1S/C24H28ClFO/c1-2-3-4-16-5-7-17(8-6-16)18-9-11-19(12-10-18)20-13-14-21(22-15-27-22)23(25)24(20)26/h9-14,16-17,22H,2-8,15H2,1H3. The lowest BCUT2D eigenvalue weighted by atomic mass is 9.77. The van der Waals surface area contributed by atoms with Gasteiger partial charge in [0, 0.05) is 11.1 Å². The molecule has 1 saturated carbocycles. The van der Waals surface area contributed by atoms with Gasteiger partial charge in [-0.2, -0.15) is 0 Å². The van der Waals surface area contributed by atoms with Crippen LogP contribution in [0.3, 0.4) is 0 Å². The minimum absolute atomic E-state index is 0.0316. The molecule has 0 N–H and O–H groups in total. The van der Waals surface area contributed by atoms with Crippen molar-refractivity contribution in [2.45, 2.75) is 63.9 Å². The Bertz CT molecular complexity index is 774. The first-order chi connectivity index (χ1) is 13.2. The topological polar surface area (TPSA) is 12.5 Å². The normalized spacial score (nSPS) is 24.8. The zero-order valence-corrected chi connectivity index (χ0v) is 16.8. The summed E-state index contributed by atoms with van der Waals surface area (Å²) >= 11 is 6.23. The molecule has 27 heavy (non-hydrogen) atoms. The van der Waals surface area contributed by atoms with Crippen LogP contribution in [0.1, 0.15) is 75.0 Å². The summed E-state index contributed by atoms with van der Waals surface area (Å²) in [5.41, 5.74) is 3.61. The van der Waals surface area contributed by atoms with Crippen molar-refractivity contribution in [2.75, 3.05) is 6.61 Å². The Hall–Kier alpha value is -1.38. The van der Waals surface area contributed by atoms with Gasteiger partial charge in [0.15, 0.2) is 0 Å². The number of hydrogen-bond donors (Lipinski definition) is 0. The van der Waals surface area contributed by atoms with E-state index < -0.39 is 0 Å². The van der Waals surface area contributed by atoms with Gasteiger partial charge in [0.25, 0.3) is 0 Å². The van der Waals surface area contributed by atoms with Crippen molar-refractivity contribution in [1.82, 2.24) is 0 Å². The molecule has 1 nitrogen and oxygen atoms in total. The monoisotopic (exact) mass is 386 g/mol. The van der Waals surface area contributed by atoms with Crippen molar-refractivity contribution >= 4 is 11.6 Å². The third kappa shape index (κ3) is 4.22. The van der Waals surface area contributed by atoms with Crippen LogP contribution in [0.15, 0.2) is 36.4 Å². The summed E-state index contributed by atoms with van der Waals surface area (Å²) in [6, 6.07) is 12.2. The summed E-state index contributed by atoms with van der Waals surface area (Å²) in [4.78, 5) is 0. The molecule has 0 aromatic heterocycles. The molecular weight excluding hydrogens is 359 g/mol. The maximum atomic E-state index is 14.7. The van der Waals surface area contributed by atoms with Crippen LogP contribution in [0, 0.1) is 11.7 Å². The lowest BCUT2D eigenvalue weighted by molar-refractivity contribution is 0.304. The Labute approximate surface area is 166 Å². The first kappa shape index (κ1) is 19.0. The zero-order chi connectivity index (χ0) is 18.8. The number of unbranched alkanes of at least 4 members (excludes halogenated alkanes) is 1. The van der Waals surface area contributed by atoms with Crippen LogP contribution in [0.25, 0.3) is 11.1 Å². The van der Waals surface area contributed by atoms with Gasteiger partial charge in [-0.05, 0) is 48.6 Å². The molecule has 2 aromatic carbocycles. The van der Waals surface area contributed by atoms with E-state index in [0.29, 0.717) is 18.1 Å². The second-order valence-electron chi connectivity index (χ2n) is 8.13. The molecule has 1 heterocycles. The Kier molecular flexibility index (Phi) is 5.85. The number of hydrogen-bond acceptors (Lipinski definition) is 1. The van der Waals surface area contributed by atoms with Gasteiger partial charge in [-0.3, -0.25) is 0 Å². The third-order valence-electron chi connectivity index (χ3n) is 6.30. The van der Waals surface area contributed by atoms with Gasteiger partial charge in [0.2, 0.25) is 0 Å². The summed E-state index contributed by atoms with van der Waals surface area (Å²) in [6.07, 6.45) is 9.29. The maximum Gasteiger partial charge on any atom is 0.149 e. The maximum absolute atomic E-state index is 14.7. The molecule has 4 rings (SSSR count). The van der Waals surface area contributed by atoms with E-state index in [2.05, 4.69) is 19.1 Å². The summed E-state index contributed by atoms with van der Waals surface area (Å²) in [5, 5.41) is 0.199. The first-order valence-electron chi connectivity index (χ1n) is 10.4. The molecule has 1 aliphatic heterocycles. The molecule has 0 spiro atoms. The highest BCUT2D eigenvalue weighted by Crippen LogP contribution is 2.41. The lowest BCUT2D eigenvalue weighted by Gasteiger charge is -2.29. The van der Waals surface area contributed by atoms with Gasteiger partial charge in [-0.1, -0.05) is 74.2 Å². The van der Waals surface area contributed by atoms with E-state index >= 15 is 0 Å². The van der Waals surface area contributed by atoms with E-state index in [-0.39, 0.29) is 16.9 Å². The van der Waals surface area contributed by atoms with Crippen molar-refractivity contribution in [1.29, 1.82) is 0 Å². The molecule has 2 aliphatic rings. The second-order valence-corrected chi connectivity index (χ2v) is 8.51. The van der Waals surface area contributed by atoms with Crippen LogP contribution < -0.4 is 0 Å². The average molecular weight is 387 g/mol. The van der Waals surface area contributed by atoms with Crippen molar-refractivity contribution in [3.63, 3.8) is 0 Å². The van der Waals surface area contributed by atoms with Crippen LogP contribution in [0.4, 0.5) is 4.39 Å². The van der Waals surface area contributed by atoms with Gasteiger partial charge >= 0.3 is 0 Å². The molecule has 2 aromatic rings. The number of benzene rings is 2. The molecule has 0 radical (unpaired) electrons. The van der Waals surface area contributed by atoms with E-state index in [0.717, 1.165) is 17.0 Å². The van der Waals surface area contributed by atoms with Gasteiger partial charge in [0.05, 0.1) is 11.6 Å². The highest BCUT2D eigenvalue weighted by molar-refractivity contribution is 6.32. The minimum Gasteiger partial charge on any atom is -0.368 e. The van der Waals surface area contributed by atoms with Crippen molar-refractivity contribution in [3.8, 4) is 11.1 Å². The fourth-order valence-corrected chi connectivity index (χ4v) is 4.76. The molecule has 2 fully saturated rings. The Morgan fingerprint density at radius 1 is 1.04 bits per heavy atom. The molecule has 3 heteroatoms. The number of ether oxygens (including phenoxy) is 1. The van der Waals surface area contributed by atoms with E-state index in [4.69, 9.17) is 16.3 Å². The van der Waals surface area contributed by atoms with E-state index in [1.54, 1.807) is 0 Å². The van der Waals surface area contributed by atoms with E-state index in [9.17, 15) is 4.39 Å². The minimum atomic E-state index is -0.339. The molecule has 144 valence electrons. The molecule has 0 amide bonds. The molecule has 1 saturated heterocycles. The van der Waals surface area contributed by atoms with Crippen molar-refractivity contribution < 1.29 is 9.13 Å². The first-order valence-corrected chi connectivity index (χ1v) is 10.7. The average Bonchev–Trinajstić information content (AvgIpc) is 3.54. The fraction of sp³-hybridized carbons (Fsp3) is 0.500. The number of halogens is 2. The second kappa shape index (κ2) is 8.32. The Morgan fingerprint density at radius 3 is 2.37 bits per heavy atom. The van der Waals surface area contributed by atoms with Gasteiger partial charge in [-0.25, -0.2) is 4.39 Å². The van der Waals surface area contributed by atoms with Crippen LogP contribution in [-0.2, 0) is 4.74 Å². The Balaban J connectivity index is 1.45. The zero-order valence-electron chi connectivity index (χ0n) is 16.0. The van der Waals surface area contributed by atoms with Gasteiger partial charge in [0.1, 0.15) is 11.9 Å². The summed E-state index contributed by atoms with van der Waals surface area (Å²) in [7, 11) is 0. The van der Waals surface area contributed by atoms with Crippen LogP contribution in [0.5, 0.6) is 0 Å². The number of epoxide rings is 1. The smallest absolute Gasteiger partial charge is 0.149 e. The van der Waals surface area contributed by atoms with Crippen LogP contribution >= 0.6 is 11.6 Å². The predicted molar refractivity (Wildman–Crippen MR) is 110 cm³/mol. The molecule has 1 atom stereocenters. The lowest BCUT2D eigenvalue weighted by Crippen LogP contribution is -2.13. The Morgan fingerprint density at radius 2 is 1.74 bits per heavy atom. The summed E-state index contributed by atoms with van der Waals surface area (Å²) in [5.74, 6) is 1.24. The predicted octanol–water partition coefficient (Wildman–Crippen LogP) is 7.68.